The van der Waals surface area contributed by atoms with Crippen molar-refractivity contribution < 1.29 is 4.79 Å². The molecule has 82 valence electrons. The first-order chi connectivity index (χ1) is 7.04. The maximum Gasteiger partial charge on any atom is 0.123 e. The van der Waals surface area contributed by atoms with E-state index >= 15 is 0 Å². The van der Waals surface area contributed by atoms with Gasteiger partial charge in [-0.2, -0.15) is 0 Å². The summed E-state index contributed by atoms with van der Waals surface area (Å²) in [7, 11) is 0. The lowest BCUT2D eigenvalue weighted by Gasteiger charge is -2.10. The van der Waals surface area contributed by atoms with E-state index < -0.39 is 0 Å². The Bertz CT molecular complexity index is 344. The summed E-state index contributed by atoms with van der Waals surface area (Å²) in [6, 6.07) is 6.11. The van der Waals surface area contributed by atoms with Gasteiger partial charge in [0.1, 0.15) is 6.29 Å². The summed E-state index contributed by atoms with van der Waals surface area (Å²) in [5, 5.41) is 0.773. The van der Waals surface area contributed by atoms with Crippen LogP contribution in [0.2, 0.25) is 5.02 Å². The molecule has 0 spiro atoms. The van der Waals surface area contributed by atoms with Gasteiger partial charge in [-0.15, -0.1) is 0 Å². The summed E-state index contributed by atoms with van der Waals surface area (Å²) in [5.74, 6) is 0.521. The van der Waals surface area contributed by atoms with E-state index in [1.54, 1.807) is 0 Å². The highest BCUT2D eigenvalue weighted by Crippen LogP contribution is 2.24. The van der Waals surface area contributed by atoms with Crippen molar-refractivity contribution in [3.63, 3.8) is 0 Å². The van der Waals surface area contributed by atoms with Gasteiger partial charge in [0.05, 0.1) is 0 Å². The van der Waals surface area contributed by atoms with Gasteiger partial charge >= 0.3 is 0 Å². The third kappa shape index (κ3) is 3.35. The molecule has 0 saturated carbocycles. The number of halogens is 1. The second-order valence-corrected chi connectivity index (χ2v) is 4.73. The van der Waals surface area contributed by atoms with Crippen LogP contribution < -0.4 is 0 Å². The average molecular weight is 225 g/mol. The zero-order valence-electron chi connectivity index (χ0n) is 9.46. The summed E-state index contributed by atoms with van der Waals surface area (Å²) in [6.45, 7) is 6.18. The molecule has 0 fully saturated rings. The molecule has 1 aromatic rings. The monoisotopic (exact) mass is 224 g/mol. The summed E-state index contributed by atoms with van der Waals surface area (Å²) in [6.07, 6.45) is 1.69. The van der Waals surface area contributed by atoms with Gasteiger partial charge in [-0.3, -0.25) is 0 Å². The van der Waals surface area contributed by atoms with E-state index in [1.165, 1.54) is 5.56 Å². The van der Waals surface area contributed by atoms with E-state index in [0.29, 0.717) is 5.92 Å². The van der Waals surface area contributed by atoms with Gasteiger partial charge < -0.3 is 4.79 Å². The predicted molar refractivity (Wildman–Crippen MR) is 64.5 cm³/mol. The molecule has 0 aliphatic rings. The molecule has 1 rings (SSSR count). The van der Waals surface area contributed by atoms with Gasteiger partial charge in [0, 0.05) is 10.9 Å². The van der Waals surface area contributed by atoms with Gasteiger partial charge in [-0.25, -0.2) is 0 Å². The van der Waals surface area contributed by atoms with Crippen molar-refractivity contribution in [3.05, 3.63) is 34.3 Å². The third-order valence-corrected chi connectivity index (χ3v) is 2.87. The SMILES string of the molecule is CC(C=O)Cc1ccc(C(C)C)cc1Cl. The first kappa shape index (κ1) is 12.3. The molecular formula is C13H17ClO. The molecule has 0 amide bonds. The fourth-order valence-electron chi connectivity index (χ4n) is 1.48. The first-order valence-corrected chi connectivity index (χ1v) is 5.66. The van der Waals surface area contributed by atoms with Crippen LogP contribution >= 0.6 is 11.6 Å². The summed E-state index contributed by atoms with van der Waals surface area (Å²) < 4.78 is 0. The van der Waals surface area contributed by atoms with E-state index in [-0.39, 0.29) is 5.92 Å². The summed E-state index contributed by atoms with van der Waals surface area (Å²) in [4.78, 5) is 10.6. The molecule has 1 nitrogen and oxygen atoms in total. The standard InChI is InChI=1S/C13H17ClO/c1-9(2)11-4-5-12(13(14)7-11)6-10(3)8-15/h4-5,7-10H,6H2,1-3H3. The molecular weight excluding hydrogens is 208 g/mol. The average Bonchev–Trinajstić information content (AvgIpc) is 2.20. The van der Waals surface area contributed by atoms with E-state index in [4.69, 9.17) is 11.6 Å². The van der Waals surface area contributed by atoms with E-state index in [1.807, 2.05) is 19.1 Å². The van der Waals surface area contributed by atoms with Crippen LogP contribution in [0.1, 0.15) is 37.8 Å². The third-order valence-electron chi connectivity index (χ3n) is 2.52. The molecule has 1 atom stereocenters. The summed E-state index contributed by atoms with van der Waals surface area (Å²) >= 11 is 6.16. The van der Waals surface area contributed by atoms with Crippen molar-refractivity contribution in [2.75, 3.05) is 0 Å². The number of hydrogen-bond donors (Lipinski definition) is 0. The number of carbonyl (C=O) groups is 1. The maximum absolute atomic E-state index is 10.6. The van der Waals surface area contributed by atoms with Gasteiger partial charge in [-0.05, 0) is 29.5 Å². The van der Waals surface area contributed by atoms with Crippen LogP contribution in [-0.4, -0.2) is 6.29 Å². The van der Waals surface area contributed by atoms with Crippen LogP contribution in [0.4, 0.5) is 0 Å². The maximum atomic E-state index is 10.6. The molecule has 0 heterocycles. The zero-order chi connectivity index (χ0) is 11.4. The lowest BCUT2D eigenvalue weighted by Crippen LogP contribution is -2.01. The Hall–Kier alpha value is -0.820. The molecule has 1 aromatic carbocycles. The second-order valence-electron chi connectivity index (χ2n) is 4.32. The summed E-state index contributed by atoms with van der Waals surface area (Å²) in [5.41, 5.74) is 2.29. The number of carbonyl (C=O) groups excluding carboxylic acids is 1. The zero-order valence-corrected chi connectivity index (χ0v) is 10.2. The molecule has 0 radical (unpaired) electrons. The Morgan fingerprint density at radius 1 is 1.33 bits per heavy atom. The highest BCUT2D eigenvalue weighted by atomic mass is 35.5. The molecule has 0 N–H and O–H groups in total. The molecule has 0 aliphatic carbocycles. The number of hydrogen-bond acceptors (Lipinski definition) is 1. The van der Waals surface area contributed by atoms with Crippen LogP contribution in [0.3, 0.4) is 0 Å². The van der Waals surface area contributed by atoms with Crippen molar-refractivity contribution in [2.24, 2.45) is 5.92 Å². The Balaban J connectivity index is 2.88. The molecule has 2 heteroatoms. The largest absolute Gasteiger partial charge is 0.303 e. The van der Waals surface area contributed by atoms with Crippen molar-refractivity contribution in [2.45, 2.75) is 33.1 Å². The van der Waals surface area contributed by atoms with E-state index in [9.17, 15) is 4.79 Å². The number of rotatable bonds is 4. The molecule has 0 aliphatic heterocycles. The Morgan fingerprint density at radius 3 is 2.47 bits per heavy atom. The minimum atomic E-state index is 0.0346. The van der Waals surface area contributed by atoms with Gasteiger partial charge in [-0.1, -0.05) is 44.5 Å². The van der Waals surface area contributed by atoms with Gasteiger partial charge in [0.15, 0.2) is 0 Å². The van der Waals surface area contributed by atoms with Crippen molar-refractivity contribution >= 4 is 17.9 Å². The molecule has 0 saturated heterocycles. The number of aldehydes is 1. The van der Waals surface area contributed by atoms with Crippen LogP contribution in [0.15, 0.2) is 18.2 Å². The highest BCUT2D eigenvalue weighted by molar-refractivity contribution is 6.31. The highest BCUT2D eigenvalue weighted by Gasteiger charge is 2.07. The molecule has 15 heavy (non-hydrogen) atoms. The minimum Gasteiger partial charge on any atom is -0.303 e. The smallest absolute Gasteiger partial charge is 0.123 e. The predicted octanol–water partition coefficient (Wildman–Crippen LogP) is 3.84. The fraction of sp³-hybridized carbons (Fsp3) is 0.462. The lowest BCUT2D eigenvalue weighted by atomic mass is 9.97. The van der Waals surface area contributed by atoms with Crippen molar-refractivity contribution in [1.29, 1.82) is 0 Å². The molecule has 0 bridgehead atoms. The molecule has 1 unspecified atom stereocenters. The fourth-order valence-corrected chi connectivity index (χ4v) is 1.75. The topological polar surface area (TPSA) is 17.1 Å². The Morgan fingerprint density at radius 2 is 2.00 bits per heavy atom. The van der Waals surface area contributed by atoms with Gasteiger partial charge in [0.2, 0.25) is 0 Å². The van der Waals surface area contributed by atoms with Crippen molar-refractivity contribution in [1.82, 2.24) is 0 Å². The van der Waals surface area contributed by atoms with E-state index in [0.717, 1.165) is 23.3 Å². The Labute approximate surface area is 96.5 Å². The minimum absolute atomic E-state index is 0.0346. The lowest BCUT2D eigenvalue weighted by molar-refractivity contribution is -0.110. The Kier molecular flexibility index (Phi) is 4.34. The van der Waals surface area contributed by atoms with Crippen LogP contribution in [0.25, 0.3) is 0 Å². The van der Waals surface area contributed by atoms with Crippen LogP contribution in [0.5, 0.6) is 0 Å². The molecule has 0 aromatic heterocycles. The normalized spacial score (nSPS) is 12.9. The van der Waals surface area contributed by atoms with E-state index in [2.05, 4.69) is 19.9 Å². The quantitative estimate of drug-likeness (QED) is 0.711. The van der Waals surface area contributed by atoms with Gasteiger partial charge in [0.25, 0.3) is 0 Å². The second kappa shape index (κ2) is 5.32. The van der Waals surface area contributed by atoms with Crippen LogP contribution in [-0.2, 0) is 11.2 Å². The number of benzene rings is 1. The van der Waals surface area contributed by atoms with Crippen LogP contribution in [0, 0.1) is 5.92 Å². The first-order valence-electron chi connectivity index (χ1n) is 5.28. The van der Waals surface area contributed by atoms with Crippen molar-refractivity contribution in [3.8, 4) is 0 Å².